The number of fused-ring (bicyclic) bond motifs is 1. The fourth-order valence-corrected chi connectivity index (χ4v) is 6.06. The Morgan fingerprint density at radius 1 is 0.912 bits per heavy atom. The minimum absolute atomic E-state index is 0.0532. The van der Waals surface area contributed by atoms with Gasteiger partial charge in [0.15, 0.2) is 0 Å². The number of anilines is 1. The monoisotopic (exact) mass is 498 g/mol. The molecular weight excluding hydrogens is 474 g/mol. The number of halogens is 1. The topological polar surface area (TPSA) is 87.9 Å². The molecule has 0 bridgehead atoms. The Hall–Kier alpha value is -2.72. The van der Waals surface area contributed by atoms with Crippen molar-refractivity contribution in [3.05, 3.63) is 65.9 Å². The molecule has 0 N–H and O–H groups in total. The molecular formula is C24H25ClN5O3S. The lowest BCUT2D eigenvalue weighted by atomic mass is 10.1. The molecule has 2 saturated heterocycles. The fraction of sp³-hybridized carbons (Fsp3) is 0.333. The molecule has 0 unspecified atom stereocenters. The second kappa shape index (κ2) is 9.50. The zero-order chi connectivity index (χ0) is 23.7. The Morgan fingerprint density at radius 2 is 1.62 bits per heavy atom. The van der Waals surface area contributed by atoms with Gasteiger partial charge in [0.05, 0.1) is 24.0 Å². The van der Waals surface area contributed by atoms with E-state index in [4.69, 9.17) is 11.6 Å². The summed E-state index contributed by atoms with van der Waals surface area (Å²) in [6.45, 7) is 1.97. The van der Waals surface area contributed by atoms with Gasteiger partial charge in [0, 0.05) is 42.7 Å². The minimum Gasteiger partial charge on any atom is -0.371 e. The third-order valence-electron chi connectivity index (χ3n) is 6.37. The quantitative estimate of drug-likeness (QED) is 0.539. The van der Waals surface area contributed by atoms with Crippen LogP contribution in [0.4, 0.5) is 5.69 Å². The predicted octanol–water partition coefficient (Wildman–Crippen LogP) is 2.91. The van der Waals surface area contributed by atoms with Crippen LogP contribution in [0.3, 0.4) is 0 Å². The summed E-state index contributed by atoms with van der Waals surface area (Å²) in [4.78, 5) is 19.3. The van der Waals surface area contributed by atoms with Crippen molar-refractivity contribution in [2.75, 3.05) is 37.6 Å². The molecule has 2 fully saturated rings. The van der Waals surface area contributed by atoms with E-state index in [1.807, 2.05) is 12.1 Å². The Morgan fingerprint density at radius 3 is 2.35 bits per heavy atom. The zero-order valence-electron chi connectivity index (χ0n) is 18.5. The number of sulfonamides is 1. The van der Waals surface area contributed by atoms with Crippen LogP contribution in [0.15, 0.2) is 65.8 Å². The number of carbonyl (C=O) groups is 1. The second-order valence-electron chi connectivity index (χ2n) is 8.55. The standard InChI is InChI=1S/C24H25ClN5O3S/c25-20-3-1-19-16-23(4-2-18(19)15-20)34(32,33)29-13-14-30(24(31)17-29)27-21-7-11-28(12-8-21)22-5-9-26-10-6-22/h1-6,9-10,15-16,21H,7-8,11-14,17H2. The maximum absolute atomic E-state index is 13.2. The number of carbonyl (C=O) groups excluding carboxylic acids is 1. The average Bonchev–Trinajstić information content (AvgIpc) is 2.86. The van der Waals surface area contributed by atoms with Crippen LogP contribution in [0.5, 0.6) is 0 Å². The Kier molecular flexibility index (Phi) is 6.44. The van der Waals surface area contributed by atoms with Crippen molar-refractivity contribution in [2.24, 2.45) is 0 Å². The molecule has 0 spiro atoms. The third-order valence-corrected chi connectivity index (χ3v) is 8.44. The molecule has 3 heterocycles. The number of hydrogen-bond acceptors (Lipinski definition) is 5. The summed E-state index contributed by atoms with van der Waals surface area (Å²) in [6, 6.07) is 14.3. The lowest BCUT2D eigenvalue weighted by molar-refractivity contribution is -0.139. The molecule has 177 valence electrons. The summed E-state index contributed by atoms with van der Waals surface area (Å²) in [6.07, 6.45) is 5.25. The van der Waals surface area contributed by atoms with Gasteiger partial charge >= 0.3 is 0 Å². The van der Waals surface area contributed by atoms with Crippen LogP contribution in [0.1, 0.15) is 12.8 Å². The Bertz CT molecular complexity index is 1300. The van der Waals surface area contributed by atoms with E-state index in [1.165, 1.54) is 9.31 Å². The first-order valence-electron chi connectivity index (χ1n) is 11.3. The number of piperidine rings is 1. The van der Waals surface area contributed by atoms with Crippen LogP contribution in [-0.2, 0) is 14.8 Å². The van der Waals surface area contributed by atoms with Crippen LogP contribution in [-0.4, -0.2) is 67.4 Å². The number of pyridine rings is 1. The molecule has 2 aromatic carbocycles. The molecule has 1 radical (unpaired) electrons. The van der Waals surface area contributed by atoms with Crippen molar-refractivity contribution in [3.8, 4) is 0 Å². The van der Waals surface area contributed by atoms with Crippen molar-refractivity contribution in [2.45, 2.75) is 23.8 Å². The van der Waals surface area contributed by atoms with Crippen LogP contribution in [0.2, 0.25) is 5.02 Å². The lowest BCUT2D eigenvalue weighted by Crippen LogP contribution is -2.57. The SMILES string of the molecule is O=C1CN(S(=O)(=O)c2ccc3cc(Cl)ccc3c2)CCN1[N]C1CCN(c2ccncc2)CC1. The summed E-state index contributed by atoms with van der Waals surface area (Å²) < 4.78 is 27.6. The zero-order valence-corrected chi connectivity index (χ0v) is 20.1. The lowest BCUT2D eigenvalue weighted by Gasteiger charge is -2.38. The number of benzene rings is 2. The molecule has 8 nitrogen and oxygen atoms in total. The molecule has 2 aliphatic rings. The second-order valence-corrected chi connectivity index (χ2v) is 10.9. The largest absolute Gasteiger partial charge is 0.371 e. The Labute approximate surface area is 204 Å². The minimum atomic E-state index is -3.79. The van der Waals surface area contributed by atoms with Gasteiger partial charge in [0.25, 0.3) is 5.91 Å². The highest BCUT2D eigenvalue weighted by molar-refractivity contribution is 7.89. The maximum atomic E-state index is 13.2. The number of piperazine rings is 1. The summed E-state index contributed by atoms with van der Waals surface area (Å²) in [7, 11) is -3.79. The van der Waals surface area contributed by atoms with Gasteiger partial charge in [-0.3, -0.25) is 14.8 Å². The molecule has 1 amide bonds. The van der Waals surface area contributed by atoms with Gasteiger partial charge in [-0.15, -0.1) is 5.43 Å². The summed E-state index contributed by atoms with van der Waals surface area (Å²) in [5.74, 6) is -0.293. The molecule has 3 aromatic rings. The normalized spacial score (nSPS) is 18.6. The molecule has 0 atom stereocenters. The number of aromatic nitrogens is 1. The number of hydrogen-bond donors (Lipinski definition) is 0. The van der Waals surface area contributed by atoms with E-state index in [0.717, 1.165) is 42.4 Å². The van der Waals surface area contributed by atoms with Crippen molar-refractivity contribution in [1.29, 1.82) is 0 Å². The van der Waals surface area contributed by atoms with Crippen molar-refractivity contribution < 1.29 is 13.2 Å². The van der Waals surface area contributed by atoms with Crippen molar-refractivity contribution in [1.82, 2.24) is 19.7 Å². The smallest absolute Gasteiger partial charge is 0.253 e. The van der Waals surface area contributed by atoms with Crippen LogP contribution >= 0.6 is 11.6 Å². The van der Waals surface area contributed by atoms with Crippen molar-refractivity contribution in [3.63, 3.8) is 0 Å². The summed E-state index contributed by atoms with van der Waals surface area (Å²) >= 11 is 6.02. The van der Waals surface area contributed by atoms with E-state index in [1.54, 1.807) is 48.8 Å². The van der Waals surface area contributed by atoms with E-state index in [9.17, 15) is 13.2 Å². The highest BCUT2D eigenvalue weighted by atomic mass is 35.5. The van der Waals surface area contributed by atoms with Gasteiger partial charge in [-0.25, -0.2) is 8.42 Å². The van der Waals surface area contributed by atoms with Gasteiger partial charge in [0.1, 0.15) is 0 Å². The highest BCUT2D eigenvalue weighted by Gasteiger charge is 2.35. The first-order chi connectivity index (χ1) is 16.4. The molecule has 0 saturated carbocycles. The van der Waals surface area contributed by atoms with Gasteiger partial charge < -0.3 is 4.90 Å². The molecule has 34 heavy (non-hydrogen) atoms. The van der Waals surface area contributed by atoms with E-state index in [0.29, 0.717) is 5.02 Å². The molecule has 5 rings (SSSR count). The number of amides is 1. The predicted molar refractivity (Wildman–Crippen MR) is 131 cm³/mol. The fourth-order valence-electron chi connectivity index (χ4n) is 4.47. The Balaban J connectivity index is 1.19. The van der Waals surface area contributed by atoms with E-state index in [2.05, 4.69) is 15.3 Å². The molecule has 0 aliphatic carbocycles. The van der Waals surface area contributed by atoms with E-state index in [-0.39, 0.29) is 36.5 Å². The summed E-state index contributed by atoms with van der Waals surface area (Å²) in [5, 5.41) is 3.70. The van der Waals surface area contributed by atoms with Gasteiger partial charge in [0.2, 0.25) is 10.0 Å². The van der Waals surface area contributed by atoms with Gasteiger partial charge in [-0.05, 0) is 60.0 Å². The van der Waals surface area contributed by atoms with E-state index < -0.39 is 10.0 Å². The molecule has 2 aliphatic heterocycles. The molecule has 10 heteroatoms. The average molecular weight is 499 g/mol. The third kappa shape index (κ3) is 4.74. The van der Waals surface area contributed by atoms with Crippen molar-refractivity contribution >= 4 is 44.0 Å². The van der Waals surface area contributed by atoms with Gasteiger partial charge in [-0.2, -0.15) is 4.31 Å². The number of nitrogens with zero attached hydrogens (tertiary/aromatic N) is 5. The van der Waals surface area contributed by atoms with E-state index >= 15 is 0 Å². The highest BCUT2D eigenvalue weighted by Crippen LogP contribution is 2.26. The first kappa shape index (κ1) is 23.0. The first-order valence-corrected chi connectivity index (χ1v) is 13.1. The maximum Gasteiger partial charge on any atom is 0.253 e. The van der Waals surface area contributed by atoms with Gasteiger partial charge in [-0.1, -0.05) is 23.7 Å². The van der Waals surface area contributed by atoms with Crippen LogP contribution < -0.4 is 10.3 Å². The number of rotatable bonds is 5. The van der Waals surface area contributed by atoms with Crippen LogP contribution in [0, 0.1) is 0 Å². The molecule has 1 aromatic heterocycles. The summed E-state index contributed by atoms with van der Waals surface area (Å²) in [5.41, 5.74) is 5.79. The van der Waals surface area contributed by atoms with Crippen LogP contribution in [0.25, 0.3) is 10.8 Å².